The van der Waals surface area contributed by atoms with E-state index in [0.717, 1.165) is 34.8 Å². The first kappa shape index (κ1) is 17.5. The zero-order chi connectivity index (χ0) is 18.4. The minimum Gasteiger partial charge on any atom is -0.497 e. The maximum Gasteiger partial charge on any atom is 0.190 e. The second-order valence-corrected chi connectivity index (χ2v) is 7.78. The van der Waals surface area contributed by atoms with Gasteiger partial charge in [-0.1, -0.05) is 37.0 Å². The Labute approximate surface area is 163 Å². The highest BCUT2D eigenvalue weighted by Crippen LogP contribution is 2.48. The van der Waals surface area contributed by atoms with Crippen LogP contribution in [-0.2, 0) is 0 Å². The zero-order valence-corrected chi connectivity index (χ0v) is 16.4. The third-order valence-electron chi connectivity index (χ3n) is 4.83. The van der Waals surface area contributed by atoms with Gasteiger partial charge < -0.3 is 9.47 Å². The molecule has 0 saturated heterocycles. The van der Waals surface area contributed by atoms with Crippen molar-refractivity contribution in [2.24, 2.45) is 11.0 Å². The highest BCUT2D eigenvalue weighted by Gasteiger charge is 2.42. The van der Waals surface area contributed by atoms with Gasteiger partial charge in [-0.15, -0.1) is 0 Å². The van der Waals surface area contributed by atoms with Gasteiger partial charge >= 0.3 is 0 Å². The van der Waals surface area contributed by atoms with Gasteiger partial charge in [0.1, 0.15) is 11.5 Å². The van der Waals surface area contributed by atoms with Crippen LogP contribution in [-0.4, -0.2) is 24.1 Å². The average Bonchev–Trinajstić information content (AvgIpc) is 3.06. The van der Waals surface area contributed by atoms with Gasteiger partial charge in [0.05, 0.1) is 23.9 Å². The normalized spacial score (nSPS) is 21.2. The second kappa shape index (κ2) is 6.67. The molecule has 0 amide bonds. The van der Waals surface area contributed by atoms with E-state index >= 15 is 0 Å². The maximum absolute atomic E-state index is 6.42. The second-order valence-electron chi connectivity index (χ2n) is 6.93. The number of hydrogen-bond donors (Lipinski definition) is 0. The van der Waals surface area contributed by atoms with E-state index in [-0.39, 0.29) is 18.2 Å². The fraction of sp³-hybridized carbons (Fsp3) is 0.350. The van der Waals surface area contributed by atoms with Gasteiger partial charge in [-0.3, -0.25) is 0 Å². The Kier molecular flexibility index (Phi) is 4.49. The van der Waals surface area contributed by atoms with Crippen molar-refractivity contribution in [1.29, 1.82) is 0 Å². The lowest BCUT2D eigenvalue weighted by Crippen LogP contribution is -2.43. The van der Waals surface area contributed by atoms with Crippen molar-refractivity contribution in [3.8, 4) is 11.5 Å². The molecule has 26 heavy (non-hydrogen) atoms. The molecule has 0 aromatic heterocycles. The number of nitrogens with zero attached hydrogens (tertiary/aromatic N) is 2. The third kappa shape index (κ3) is 2.91. The fourth-order valence-corrected chi connectivity index (χ4v) is 4.09. The van der Waals surface area contributed by atoms with Gasteiger partial charge in [0.25, 0.3) is 0 Å². The lowest BCUT2D eigenvalue weighted by Gasteiger charge is -2.40. The molecule has 0 bridgehead atoms. The molecule has 6 heteroatoms. The van der Waals surface area contributed by atoms with Crippen LogP contribution in [0.1, 0.15) is 37.4 Å². The first-order valence-electron chi connectivity index (χ1n) is 8.63. The topological polar surface area (TPSA) is 34.1 Å². The molecule has 0 N–H and O–H groups in total. The Bertz CT molecular complexity index is 865. The van der Waals surface area contributed by atoms with Crippen molar-refractivity contribution >= 4 is 28.9 Å². The van der Waals surface area contributed by atoms with Crippen molar-refractivity contribution in [2.45, 2.75) is 32.5 Å². The number of hydrogen-bond acceptors (Lipinski definition) is 4. The summed E-state index contributed by atoms with van der Waals surface area (Å²) >= 11 is 12.7. The average molecular weight is 391 g/mol. The third-order valence-corrected chi connectivity index (χ3v) is 5.33. The molecule has 2 aromatic rings. The molecule has 0 aliphatic carbocycles. The quantitative estimate of drug-likeness (QED) is 0.690. The van der Waals surface area contributed by atoms with Crippen LogP contribution in [0.15, 0.2) is 41.5 Å². The number of rotatable bonds is 3. The van der Waals surface area contributed by atoms with Gasteiger partial charge in [-0.25, -0.2) is 5.01 Å². The van der Waals surface area contributed by atoms with Crippen LogP contribution in [0.5, 0.6) is 11.5 Å². The Morgan fingerprint density at radius 1 is 1.19 bits per heavy atom. The van der Waals surface area contributed by atoms with Crippen LogP contribution in [0.3, 0.4) is 0 Å². The van der Waals surface area contributed by atoms with Crippen molar-refractivity contribution < 1.29 is 9.47 Å². The van der Waals surface area contributed by atoms with Gasteiger partial charge in [0.15, 0.2) is 6.23 Å². The summed E-state index contributed by atoms with van der Waals surface area (Å²) in [6.07, 6.45) is 0.615. The molecule has 2 heterocycles. The molecular weight excluding hydrogens is 371 g/mol. The number of fused-ring (bicyclic) bond motifs is 3. The highest BCUT2D eigenvalue weighted by atomic mass is 35.5. The van der Waals surface area contributed by atoms with E-state index in [4.69, 9.17) is 37.8 Å². The largest absolute Gasteiger partial charge is 0.497 e. The van der Waals surface area contributed by atoms with Crippen LogP contribution in [0.2, 0.25) is 10.0 Å². The smallest absolute Gasteiger partial charge is 0.190 e. The highest BCUT2D eigenvalue weighted by molar-refractivity contribution is 6.35. The van der Waals surface area contributed by atoms with Gasteiger partial charge in [-0.05, 0) is 42.0 Å². The molecule has 2 aliphatic rings. The fourth-order valence-electron chi connectivity index (χ4n) is 3.54. The standard InChI is InChI=1S/C20H20Cl2N2O2/c1-11(2)20-24-18(15-8-13(21)9-16(22)19(15)26-20)10-17(23-24)12-4-6-14(25-3)7-5-12/h4-9,11,18,20H,10H2,1-3H3/t18-,20+/m1/s1. The number of hydrazone groups is 1. The SMILES string of the molecule is COc1ccc(C2=NN3[C@H](C2)c2cc(Cl)cc(Cl)c2O[C@H]3C(C)C)cc1. The van der Waals surface area contributed by atoms with Gasteiger partial charge in [0, 0.05) is 22.9 Å². The molecular formula is C20H20Cl2N2O2. The van der Waals surface area contributed by atoms with E-state index in [1.54, 1.807) is 13.2 Å². The Morgan fingerprint density at radius 3 is 2.58 bits per heavy atom. The molecule has 2 aliphatic heterocycles. The van der Waals surface area contributed by atoms with E-state index in [0.29, 0.717) is 10.0 Å². The maximum atomic E-state index is 6.42. The van der Waals surface area contributed by atoms with Crippen LogP contribution in [0, 0.1) is 5.92 Å². The van der Waals surface area contributed by atoms with Gasteiger partial charge in [0.2, 0.25) is 0 Å². The molecule has 4 rings (SSSR count). The molecule has 0 radical (unpaired) electrons. The molecule has 0 saturated carbocycles. The van der Waals surface area contributed by atoms with E-state index in [2.05, 4.69) is 18.9 Å². The molecule has 4 nitrogen and oxygen atoms in total. The monoisotopic (exact) mass is 390 g/mol. The number of halogens is 2. The number of benzene rings is 2. The predicted octanol–water partition coefficient (Wildman–Crippen LogP) is 5.53. The van der Waals surface area contributed by atoms with Crippen LogP contribution < -0.4 is 9.47 Å². The van der Waals surface area contributed by atoms with E-state index < -0.39 is 0 Å². The minimum absolute atomic E-state index is 0.0689. The van der Waals surface area contributed by atoms with Crippen LogP contribution in [0.4, 0.5) is 0 Å². The number of ether oxygens (including phenoxy) is 2. The molecule has 0 spiro atoms. The zero-order valence-electron chi connectivity index (χ0n) is 14.9. The first-order chi connectivity index (χ1) is 12.5. The summed E-state index contributed by atoms with van der Waals surface area (Å²) in [5.74, 6) is 1.82. The summed E-state index contributed by atoms with van der Waals surface area (Å²) in [6.45, 7) is 4.24. The van der Waals surface area contributed by atoms with Crippen molar-refractivity contribution in [2.75, 3.05) is 7.11 Å². The van der Waals surface area contributed by atoms with Gasteiger partial charge in [-0.2, -0.15) is 5.10 Å². The van der Waals surface area contributed by atoms with Crippen molar-refractivity contribution in [1.82, 2.24) is 5.01 Å². The lowest BCUT2D eigenvalue weighted by molar-refractivity contribution is -0.0460. The molecule has 0 fully saturated rings. The predicted molar refractivity (Wildman–Crippen MR) is 104 cm³/mol. The van der Waals surface area contributed by atoms with Crippen molar-refractivity contribution in [3.05, 3.63) is 57.6 Å². The lowest BCUT2D eigenvalue weighted by atomic mass is 9.95. The van der Waals surface area contributed by atoms with E-state index in [1.807, 2.05) is 30.3 Å². The first-order valence-corrected chi connectivity index (χ1v) is 9.39. The summed E-state index contributed by atoms with van der Waals surface area (Å²) < 4.78 is 11.5. The van der Waals surface area contributed by atoms with Crippen molar-refractivity contribution in [3.63, 3.8) is 0 Å². The summed E-state index contributed by atoms with van der Waals surface area (Å²) in [6, 6.07) is 11.7. The molecule has 2 atom stereocenters. The summed E-state index contributed by atoms with van der Waals surface area (Å²) in [4.78, 5) is 0. The van der Waals surface area contributed by atoms with E-state index in [1.165, 1.54) is 0 Å². The summed E-state index contributed by atoms with van der Waals surface area (Å²) in [5, 5.41) is 8.11. The minimum atomic E-state index is -0.165. The summed E-state index contributed by atoms with van der Waals surface area (Å²) in [5.41, 5.74) is 3.10. The Balaban J connectivity index is 1.75. The van der Waals surface area contributed by atoms with E-state index in [9.17, 15) is 0 Å². The summed E-state index contributed by atoms with van der Waals surface area (Å²) in [7, 11) is 1.66. The molecule has 2 aromatic carbocycles. The number of methoxy groups -OCH3 is 1. The Hall–Kier alpha value is -1.91. The van der Waals surface area contributed by atoms with Crippen LogP contribution in [0.25, 0.3) is 0 Å². The molecule has 0 unspecified atom stereocenters. The Morgan fingerprint density at radius 2 is 1.92 bits per heavy atom. The molecule has 136 valence electrons. The van der Waals surface area contributed by atoms with Crippen LogP contribution >= 0.6 is 23.2 Å².